The van der Waals surface area contributed by atoms with Gasteiger partial charge < -0.3 is 0 Å². The number of hydrogen-bond donors (Lipinski definition) is 0. The number of rotatable bonds is 10. The van der Waals surface area contributed by atoms with E-state index >= 15 is 0 Å². The summed E-state index contributed by atoms with van der Waals surface area (Å²) in [6.07, 6.45) is 11.5. The lowest BCUT2D eigenvalue weighted by Gasteiger charge is -2.09. The fraction of sp³-hybridized carbons (Fsp3) is 0.800. The summed E-state index contributed by atoms with van der Waals surface area (Å²) in [5.41, 5.74) is 1.46. The highest BCUT2D eigenvalue weighted by molar-refractivity contribution is 4.93. The third-order valence-electron chi connectivity index (χ3n) is 3.22. The zero-order chi connectivity index (χ0) is 11.5. The molecule has 1 atom stereocenters. The molecule has 0 saturated carbocycles. The van der Waals surface area contributed by atoms with Gasteiger partial charge >= 0.3 is 0 Å². The van der Waals surface area contributed by atoms with Crippen molar-refractivity contribution in [3.8, 4) is 0 Å². The van der Waals surface area contributed by atoms with Gasteiger partial charge in [0.25, 0.3) is 0 Å². The summed E-state index contributed by atoms with van der Waals surface area (Å²) >= 11 is 0. The van der Waals surface area contributed by atoms with Crippen LogP contribution in [-0.4, -0.2) is 0 Å². The van der Waals surface area contributed by atoms with Gasteiger partial charge in [0, 0.05) is 0 Å². The number of unbranched alkanes of at least 4 members (excludes halogenated alkanes) is 4. The van der Waals surface area contributed by atoms with Gasteiger partial charge in [-0.1, -0.05) is 65.0 Å². The van der Waals surface area contributed by atoms with Crippen LogP contribution in [0, 0.1) is 12.8 Å². The van der Waals surface area contributed by atoms with Gasteiger partial charge in [0.2, 0.25) is 0 Å². The molecule has 1 unspecified atom stereocenters. The largest absolute Gasteiger partial charge is 0.0999 e. The molecule has 0 saturated heterocycles. The highest BCUT2D eigenvalue weighted by Crippen LogP contribution is 2.18. The van der Waals surface area contributed by atoms with E-state index in [1.807, 2.05) is 0 Å². The first-order valence-corrected chi connectivity index (χ1v) is 6.66. The van der Waals surface area contributed by atoms with Crippen molar-refractivity contribution in [1.29, 1.82) is 0 Å². The summed E-state index contributed by atoms with van der Waals surface area (Å²) in [6.45, 7) is 12.6. The van der Waals surface area contributed by atoms with E-state index in [1.54, 1.807) is 0 Å². The van der Waals surface area contributed by atoms with Crippen LogP contribution in [0.5, 0.6) is 0 Å². The van der Waals surface area contributed by atoms with Crippen molar-refractivity contribution in [2.24, 2.45) is 5.92 Å². The SMILES string of the molecule is [CH2]CCCCCCC(=C)CCC(C)CC. The molecule has 0 amide bonds. The molecule has 0 fully saturated rings. The summed E-state index contributed by atoms with van der Waals surface area (Å²) in [6, 6.07) is 0. The van der Waals surface area contributed by atoms with Crippen LogP contribution in [0.25, 0.3) is 0 Å². The zero-order valence-electron chi connectivity index (χ0n) is 10.9. The lowest BCUT2D eigenvalue weighted by molar-refractivity contribution is 0.508. The molecule has 0 aromatic heterocycles. The van der Waals surface area contributed by atoms with Crippen LogP contribution >= 0.6 is 0 Å². The molecule has 0 N–H and O–H groups in total. The van der Waals surface area contributed by atoms with E-state index in [0.29, 0.717) is 0 Å². The first-order valence-electron chi connectivity index (χ1n) is 6.66. The van der Waals surface area contributed by atoms with Gasteiger partial charge in [-0.05, 0) is 31.6 Å². The molecule has 0 heterocycles. The first-order chi connectivity index (χ1) is 7.20. The molecule has 0 aromatic carbocycles. The fourth-order valence-electron chi connectivity index (χ4n) is 1.68. The number of hydrogen-bond acceptors (Lipinski definition) is 0. The maximum atomic E-state index is 4.17. The van der Waals surface area contributed by atoms with Crippen molar-refractivity contribution in [1.82, 2.24) is 0 Å². The van der Waals surface area contributed by atoms with Crippen LogP contribution in [0.3, 0.4) is 0 Å². The van der Waals surface area contributed by atoms with E-state index in [0.717, 1.165) is 12.3 Å². The van der Waals surface area contributed by atoms with E-state index in [1.165, 1.54) is 56.9 Å². The first kappa shape index (κ1) is 14.7. The molecule has 0 spiro atoms. The van der Waals surface area contributed by atoms with Crippen molar-refractivity contribution < 1.29 is 0 Å². The van der Waals surface area contributed by atoms with E-state index in [9.17, 15) is 0 Å². The van der Waals surface area contributed by atoms with Crippen molar-refractivity contribution in [3.05, 3.63) is 19.1 Å². The monoisotopic (exact) mass is 209 g/mol. The summed E-state index contributed by atoms with van der Waals surface area (Å²) in [7, 11) is 0. The molecule has 0 aromatic rings. The van der Waals surface area contributed by atoms with Crippen molar-refractivity contribution in [3.63, 3.8) is 0 Å². The smallest absolute Gasteiger partial charge is 0.0320 e. The Morgan fingerprint density at radius 2 is 1.73 bits per heavy atom. The Balaban J connectivity index is 3.26. The Labute approximate surface area is 97.2 Å². The third kappa shape index (κ3) is 10.0. The Kier molecular flexibility index (Phi) is 10.1. The Hall–Kier alpha value is -0.260. The highest BCUT2D eigenvalue weighted by Gasteiger charge is 2.00. The molecule has 0 aliphatic rings. The Bertz CT molecular complexity index is 146. The van der Waals surface area contributed by atoms with Crippen LogP contribution < -0.4 is 0 Å². The number of allylic oxidation sites excluding steroid dienone is 1. The predicted octanol–water partition coefficient (Wildman–Crippen LogP) is 5.54. The molecule has 0 aliphatic carbocycles. The van der Waals surface area contributed by atoms with Crippen LogP contribution in [0.15, 0.2) is 12.2 Å². The van der Waals surface area contributed by atoms with E-state index in [2.05, 4.69) is 27.4 Å². The molecule has 0 rings (SSSR count). The molecule has 0 heteroatoms. The quantitative estimate of drug-likeness (QED) is 0.327. The van der Waals surface area contributed by atoms with E-state index in [4.69, 9.17) is 0 Å². The standard InChI is InChI=1S/C15H29/c1-5-7-8-9-10-11-15(4)13-12-14(3)6-2/h14H,1,4-13H2,2-3H3. The second kappa shape index (κ2) is 10.3. The second-order valence-corrected chi connectivity index (χ2v) is 4.82. The second-order valence-electron chi connectivity index (χ2n) is 4.82. The summed E-state index contributed by atoms with van der Waals surface area (Å²) in [4.78, 5) is 0. The average Bonchev–Trinajstić information content (AvgIpc) is 2.25. The summed E-state index contributed by atoms with van der Waals surface area (Å²) in [5.74, 6) is 0.868. The van der Waals surface area contributed by atoms with E-state index in [-0.39, 0.29) is 0 Å². The average molecular weight is 209 g/mol. The molecule has 89 valence electrons. The zero-order valence-corrected chi connectivity index (χ0v) is 10.9. The fourth-order valence-corrected chi connectivity index (χ4v) is 1.68. The van der Waals surface area contributed by atoms with Gasteiger partial charge in [0.05, 0.1) is 0 Å². The van der Waals surface area contributed by atoms with Gasteiger partial charge in [-0.2, -0.15) is 0 Å². The van der Waals surface area contributed by atoms with Crippen LogP contribution in [-0.2, 0) is 0 Å². The van der Waals surface area contributed by atoms with Gasteiger partial charge in [-0.25, -0.2) is 0 Å². The topological polar surface area (TPSA) is 0 Å². The van der Waals surface area contributed by atoms with Gasteiger partial charge in [-0.15, -0.1) is 0 Å². The van der Waals surface area contributed by atoms with Gasteiger partial charge in [-0.3, -0.25) is 0 Å². The maximum Gasteiger partial charge on any atom is -0.0320 e. The van der Waals surface area contributed by atoms with Gasteiger partial charge in [0.15, 0.2) is 0 Å². The summed E-state index contributed by atoms with van der Waals surface area (Å²) < 4.78 is 0. The lowest BCUT2D eigenvalue weighted by atomic mass is 9.97. The van der Waals surface area contributed by atoms with Crippen molar-refractivity contribution >= 4 is 0 Å². The van der Waals surface area contributed by atoms with Crippen molar-refractivity contribution in [2.75, 3.05) is 0 Å². The molecule has 1 radical (unpaired) electrons. The predicted molar refractivity (Wildman–Crippen MR) is 70.9 cm³/mol. The highest BCUT2D eigenvalue weighted by atomic mass is 14.1. The normalized spacial score (nSPS) is 12.7. The minimum absolute atomic E-state index is 0.868. The third-order valence-corrected chi connectivity index (χ3v) is 3.22. The molecule has 0 nitrogen and oxygen atoms in total. The van der Waals surface area contributed by atoms with Crippen LogP contribution in [0.2, 0.25) is 0 Å². The Morgan fingerprint density at radius 1 is 1.07 bits per heavy atom. The van der Waals surface area contributed by atoms with E-state index < -0.39 is 0 Å². The Morgan fingerprint density at radius 3 is 2.33 bits per heavy atom. The van der Waals surface area contributed by atoms with Gasteiger partial charge in [0.1, 0.15) is 0 Å². The van der Waals surface area contributed by atoms with Crippen LogP contribution in [0.4, 0.5) is 0 Å². The minimum Gasteiger partial charge on any atom is -0.0999 e. The molecular weight excluding hydrogens is 180 g/mol. The molecule has 0 aliphatic heterocycles. The van der Waals surface area contributed by atoms with Crippen molar-refractivity contribution in [2.45, 2.75) is 71.6 Å². The lowest BCUT2D eigenvalue weighted by Crippen LogP contribution is -1.93. The molecule has 15 heavy (non-hydrogen) atoms. The maximum absolute atomic E-state index is 4.17. The minimum atomic E-state index is 0.868. The molecular formula is C15H29. The summed E-state index contributed by atoms with van der Waals surface area (Å²) in [5, 5.41) is 0. The van der Waals surface area contributed by atoms with Crippen LogP contribution in [0.1, 0.15) is 71.6 Å². The molecule has 0 bridgehead atoms.